The van der Waals surface area contributed by atoms with Gasteiger partial charge in [-0.2, -0.15) is 0 Å². The zero-order valence-electron chi connectivity index (χ0n) is 10.1. The van der Waals surface area contributed by atoms with Crippen molar-refractivity contribution in [3.05, 3.63) is 30.3 Å². The van der Waals surface area contributed by atoms with E-state index in [9.17, 15) is 0 Å². The highest BCUT2D eigenvalue weighted by Crippen LogP contribution is 2.25. The zero-order valence-corrected chi connectivity index (χ0v) is 10.1. The Labute approximate surface area is 97.0 Å². The van der Waals surface area contributed by atoms with Crippen molar-refractivity contribution in [3.63, 3.8) is 0 Å². The molecule has 1 fully saturated rings. The van der Waals surface area contributed by atoms with Crippen LogP contribution in [0.3, 0.4) is 0 Å². The molecule has 0 aromatic heterocycles. The third kappa shape index (κ3) is 2.36. The van der Waals surface area contributed by atoms with Crippen LogP contribution in [0, 0.1) is 0 Å². The van der Waals surface area contributed by atoms with Crippen molar-refractivity contribution >= 4 is 0 Å². The molecule has 1 saturated heterocycles. The molecule has 0 spiro atoms. The second-order valence-corrected chi connectivity index (χ2v) is 4.81. The number of hydrogen-bond donors (Lipinski definition) is 0. The summed E-state index contributed by atoms with van der Waals surface area (Å²) in [6, 6.07) is 9.84. The van der Waals surface area contributed by atoms with Gasteiger partial charge in [-0.3, -0.25) is 4.90 Å². The Balaban J connectivity index is 1.88. The van der Waals surface area contributed by atoms with Crippen LogP contribution < -0.4 is 4.74 Å². The monoisotopic (exact) mass is 221 g/mol. The molecule has 1 aliphatic heterocycles. The molecule has 1 atom stereocenters. The highest BCUT2D eigenvalue weighted by molar-refractivity contribution is 5.20. The fourth-order valence-corrected chi connectivity index (χ4v) is 1.75. The van der Waals surface area contributed by atoms with Crippen LogP contribution in [-0.4, -0.2) is 36.9 Å². The fraction of sp³-hybridized carbons (Fsp3) is 0.538. The second kappa shape index (κ2) is 4.44. The van der Waals surface area contributed by atoms with E-state index in [1.54, 1.807) is 0 Å². The Morgan fingerprint density at radius 3 is 2.62 bits per heavy atom. The lowest BCUT2D eigenvalue weighted by Crippen LogP contribution is -2.43. The van der Waals surface area contributed by atoms with Crippen molar-refractivity contribution in [2.45, 2.75) is 25.6 Å². The maximum absolute atomic E-state index is 5.70. The Bertz CT molecular complexity index is 337. The van der Waals surface area contributed by atoms with Crippen molar-refractivity contribution in [3.8, 4) is 5.75 Å². The van der Waals surface area contributed by atoms with Crippen LogP contribution in [-0.2, 0) is 4.74 Å². The first kappa shape index (κ1) is 11.4. The van der Waals surface area contributed by atoms with Gasteiger partial charge in [-0.05, 0) is 33.0 Å². The third-order valence-corrected chi connectivity index (χ3v) is 3.15. The SMILES string of the molecule is CN1C(COc2ccccc2)OCC1(C)C. The van der Waals surface area contributed by atoms with Crippen molar-refractivity contribution in [1.82, 2.24) is 4.90 Å². The molecular weight excluding hydrogens is 202 g/mol. The van der Waals surface area contributed by atoms with E-state index in [1.165, 1.54) is 0 Å². The van der Waals surface area contributed by atoms with Crippen LogP contribution in [0.25, 0.3) is 0 Å². The summed E-state index contributed by atoms with van der Waals surface area (Å²) in [5, 5.41) is 0. The first-order valence-corrected chi connectivity index (χ1v) is 5.62. The molecule has 0 N–H and O–H groups in total. The molecule has 3 nitrogen and oxygen atoms in total. The van der Waals surface area contributed by atoms with E-state index in [4.69, 9.17) is 9.47 Å². The highest BCUT2D eigenvalue weighted by Gasteiger charge is 2.37. The summed E-state index contributed by atoms with van der Waals surface area (Å²) in [5.74, 6) is 0.893. The number of hydrogen-bond acceptors (Lipinski definition) is 3. The Morgan fingerprint density at radius 1 is 1.38 bits per heavy atom. The van der Waals surface area contributed by atoms with E-state index >= 15 is 0 Å². The minimum Gasteiger partial charge on any atom is -0.489 e. The molecule has 0 aliphatic carbocycles. The smallest absolute Gasteiger partial charge is 0.145 e. The van der Waals surface area contributed by atoms with Gasteiger partial charge < -0.3 is 9.47 Å². The van der Waals surface area contributed by atoms with Crippen LogP contribution in [0.5, 0.6) is 5.75 Å². The summed E-state index contributed by atoms with van der Waals surface area (Å²) < 4.78 is 11.4. The van der Waals surface area contributed by atoms with E-state index in [2.05, 4.69) is 25.8 Å². The molecule has 3 heteroatoms. The lowest BCUT2D eigenvalue weighted by atomic mass is 10.1. The largest absolute Gasteiger partial charge is 0.489 e. The van der Waals surface area contributed by atoms with Gasteiger partial charge in [0.05, 0.1) is 6.61 Å². The molecule has 2 rings (SSSR count). The van der Waals surface area contributed by atoms with E-state index in [1.807, 2.05) is 30.3 Å². The van der Waals surface area contributed by atoms with Crippen LogP contribution >= 0.6 is 0 Å². The van der Waals surface area contributed by atoms with Crippen molar-refractivity contribution in [2.75, 3.05) is 20.3 Å². The van der Waals surface area contributed by atoms with Gasteiger partial charge in [0.25, 0.3) is 0 Å². The van der Waals surface area contributed by atoms with Crippen LogP contribution in [0.1, 0.15) is 13.8 Å². The molecule has 1 unspecified atom stereocenters. The van der Waals surface area contributed by atoms with Crippen LogP contribution in [0.2, 0.25) is 0 Å². The first-order valence-electron chi connectivity index (χ1n) is 5.62. The quantitative estimate of drug-likeness (QED) is 0.780. The molecule has 0 bridgehead atoms. The van der Waals surface area contributed by atoms with E-state index in [0.29, 0.717) is 6.61 Å². The fourth-order valence-electron chi connectivity index (χ4n) is 1.75. The van der Waals surface area contributed by atoms with Crippen LogP contribution in [0.4, 0.5) is 0 Å². The molecular formula is C13H19NO2. The topological polar surface area (TPSA) is 21.7 Å². The number of ether oxygens (including phenoxy) is 2. The van der Waals surface area contributed by atoms with Crippen molar-refractivity contribution in [2.24, 2.45) is 0 Å². The van der Waals surface area contributed by atoms with Gasteiger partial charge in [-0.25, -0.2) is 0 Å². The predicted molar refractivity (Wildman–Crippen MR) is 63.5 cm³/mol. The average Bonchev–Trinajstić information content (AvgIpc) is 2.54. The summed E-state index contributed by atoms with van der Waals surface area (Å²) in [6.45, 7) is 5.68. The number of likely N-dealkylation sites (N-methyl/N-ethyl adjacent to an activating group) is 1. The third-order valence-electron chi connectivity index (χ3n) is 3.15. The van der Waals surface area contributed by atoms with E-state index in [0.717, 1.165) is 12.4 Å². The van der Waals surface area contributed by atoms with E-state index < -0.39 is 0 Å². The summed E-state index contributed by atoms with van der Waals surface area (Å²) >= 11 is 0. The van der Waals surface area contributed by atoms with Crippen molar-refractivity contribution < 1.29 is 9.47 Å². The summed E-state index contributed by atoms with van der Waals surface area (Å²) in [7, 11) is 2.08. The number of benzene rings is 1. The summed E-state index contributed by atoms with van der Waals surface area (Å²) in [4.78, 5) is 2.22. The second-order valence-electron chi connectivity index (χ2n) is 4.81. The van der Waals surface area contributed by atoms with Gasteiger partial charge in [-0.15, -0.1) is 0 Å². The minimum atomic E-state index is 0.0511. The van der Waals surface area contributed by atoms with Gasteiger partial charge in [-0.1, -0.05) is 18.2 Å². The standard InChI is InChI=1S/C13H19NO2/c1-13(2)10-16-12(14(13)3)9-15-11-7-5-4-6-8-11/h4-8,12H,9-10H2,1-3H3. The van der Waals surface area contributed by atoms with Gasteiger partial charge in [0, 0.05) is 5.54 Å². The molecule has 1 aliphatic rings. The zero-order chi connectivity index (χ0) is 11.6. The Morgan fingerprint density at radius 2 is 2.06 bits per heavy atom. The first-order chi connectivity index (χ1) is 7.59. The van der Waals surface area contributed by atoms with Gasteiger partial charge in [0.15, 0.2) is 0 Å². The average molecular weight is 221 g/mol. The molecule has 88 valence electrons. The lowest BCUT2D eigenvalue weighted by Gasteiger charge is -2.28. The normalized spacial score (nSPS) is 24.6. The lowest BCUT2D eigenvalue weighted by molar-refractivity contribution is 0.00339. The van der Waals surface area contributed by atoms with Gasteiger partial charge in [0.2, 0.25) is 0 Å². The van der Waals surface area contributed by atoms with Gasteiger partial charge >= 0.3 is 0 Å². The van der Waals surface area contributed by atoms with E-state index in [-0.39, 0.29) is 11.8 Å². The molecule has 0 radical (unpaired) electrons. The summed E-state index contributed by atoms with van der Waals surface area (Å²) in [6.07, 6.45) is 0.0511. The molecule has 16 heavy (non-hydrogen) atoms. The van der Waals surface area contributed by atoms with Gasteiger partial charge in [0.1, 0.15) is 18.6 Å². The minimum absolute atomic E-state index is 0.0511. The number of para-hydroxylation sites is 1. The molecule has 1 aromatic rings. The Hall–Kier alpha value is -1.06. The number of rotatable bonds is 3. The maximum Gasteiger partial charge on any atom is 0.145 e. The maximum atomic E-state index is 5.70. The highest BCUT2D eigenvalue weighted by atomic mass is 16.6. The molecule has 0 amide bonds. The summed E-state index contributed by atoms with van der Waals surface area (Å²) in [5.41, 5.74) is 0.102. The predicted octanol–water partition coefficient (Wildman–Crippen LogP) is 2.13. The van der Waals surface area contributed by atoms with Crippen LogP contribution in [0.15, 0.2) is 30.3 Å². The molecule has 0 saturated carbocycles. The number of nitrogens with zero attached hydrogens (tertiary/aromatic N) is 1. The van der Waals surface area contributed by atoms with Crippen molar-refractivity contribution in [1.29, 1.82) is 0 Å². The molecule has 1 aromatic carbocycles. The Kier molecular flexibility index (Phi) is 3.17. The molecule has 1 heterocycles.